The fraction of sp³-hybridized carbons (Fsp3) is 0.261. The standard InChI is InChI=1S/C23H25N7O/c1-28-11-13-29(14-12-28)19-5-3-18(4-6-19)27-20-7-8-21(30-23(20)25-16-26-30)17-9-10-24-22(15-17)31-2/h3-10,15-16,27H,11-14H2,1-2H3. The van der Waals surface area contributed by atoms with Gasteiger partial charge in [-0.15, -0.1) is 0 Å². The summed E-state index contributed by atoms with van der Waals surface area (Å²) in [5, 5.41) is 7.91. The molecule has 0 bridgehead atoms. The van der Waals surface area contributed by atoms with Crippen LogP contribution in [0.4, 0.5) is 17.1 Å². The SMILES string of the molecule is COc1cc(-c2ccc(Nc3ccc(N4CCN(C)CC4)cc3)c3ncnn23)ccn1. The monoisotopic (exact) mass is 415 g/mol. The van der Waals surface area contributed by atoms with Crippen molar-refractivity contribution in [3.8, 4) is 17.1 Å². The van der Waals surface area contributed by atoms with Crippen LogP contribution in [0.1, 0.15) is 0 Å². The third-order valence-corrected chi connectivity index (χ3v) is 5.68. The molecule has 0 aliphatic carbocycles. The van der Waals surface area contributed by atoms with Crippen LogP contribution in [0.2, 0.25) is 0 Å². The number of pyridine rings is 2. The highest BCUT2D eigenvalue weighted by Crippen LogP contribution is 2.28. The summed E-state index contributed by atoms with van der Waals surface area (Å²) in [5.41, 5.74) is 5.81. The lowest BCUT2D eigenvalue weighted by molar-refractivity contribution is 0.313. The minimum Gasteiger partial charge on any atom is -0.481 e. The van der Waals surface area contributed by atoms with Crippen molar-refractivity contribution in [3.05, 3.63) is 61.1 Å². The van der Waals surface area contributed by atoms with Gasteiger partial charge in [0.05, 0.1) is 18.5 Å². The molecule has 1 fully saturated rings. The molecule has 158 valence electrons. The molecule has 8 nitrogen and oxygen atoms in total. The number of methoxy groups -OCH3 is 1. The second-order valence-corrected chi connectivity index (χ2v) is 7.68. The van der Waals surface area contributed by atoms with Crippen molar-refractivity contribution in [1.29, 1.82) is 0 Å². The Balaban J connectivity index is 1.39. The Morgan fingerprint density at radius 2 is 1.74 bits per heavy atom. The summed E-state index contributed by atoms with van der Waals surface area (Å²) in [5.74, 6) is 0.563. The Bertz CT molecular complexity index is 1180. The molecule has 4 aromatic rings. The average Bonchev–Trinajstić information content (AvgIpc) is 3.31. The van der Waals surface area contributed by atoms with Gasteiger partial charge in [-0.25, -0.2) is 14.5 Å². The summed E-state index contributed by atoms with van der Waals surface area (Å²) in [4.78, 5) is 13.4. The predicted molar refractivity (Wildman–Crippen MR) is 122 cm³/mol. The largest absolute Gasteiger partial charge is 0.481 e. The number of fused-ring (bicyclic) bond motifs is 1. The van der Waals surface area contributed by atoms with Gasteiger partial charge in [0.1, 0.15) is 6.33 Å². The first kappa shape index (κ1) is 19.3. The van der Waals surface area contributed by atoms with Gasteiger partial charge in [-0.05, 0) is 49.5 Å². The molecule has 0 unspecified atom stereocenters. The summed E-state index contributed by atoms with van der Waals surface area (Å²) in [6.45, 7) is 4.32. The first-order chi connectivity index (χ1) is 15.2. The Labute approximate surface area is 181 Å². The molecule has 0 amide bonds. The van der Waals surface area contributed by atoms with Crippen molar-refractivity contribution < 1.29 is 4.74 Å². The minimum atomic E-state index is 0.563. The van der Waals surface area contributed by atoms with E-state index in [-0.39, 0.29) is 0 Å². The normalized spacial score (nSPS) is 14.7. The average molecular weight is 416 g/mol. The van der Waals surface area contributed by atoms with Crippen LogP contribution in [-0.2, 0) is 0 Å². The van der Waals surface area contributed by atoms with Gasteiger partial charge in [0.15, 0.2) is 5.65 Å². The molecule has 31 heavy (non-hydrogen) atoms. The Morgan fingerprint density at radius 1 is 0.935 bits per heavy atom. The number of ether oxygens (including phenoxy) is 1. The Morgan fingerprint density at radius 3 is 2.52 bits per heavy atom. The van der Waals surface area contributed by atoms with Crippen LogP contribution < -0.4 is 15.0 Å². The van der Waals surface area contributed by atoms with Crippen molar-refractivity contribution in [2.24, 2.45) is 0 Å². The number of rotatable bonds is 5. The number of aromatic nitrogens is 4. The van der Waals surface area contributed by atoms with E-state index in [1.165, 1.54) is 5.69 Å². The van der Waals surface area contributed by atoms with Gasteiger partial charge in [0.2, 0.25) is 5.88 Å². The number of hydrogen-bond acceptors (Lipinski definition) is 7. The lowest BCUT2D eigenvalue weighted by atomic mass is 10.1. The lowest BCUT2D eigenvalue weighted by Gasteiger charge is -2.34. The van der Waals surface area contributed by atoms with Gasteiger partial charge in [0.25, 0.3) is 0 Å². The van der Waals surface area contributed by atoms with E-state index in [0.29, 0.717) is 5.88 Å². The molecule has 0 radical (unpaired) electrons. The second-order valence-electron chi connectivity index (χ2n) is 7.68. The fourth-order valence-electron chi connectivity index (χ4n) is 3.88. The lowest BCUT2D eigenvalue weighted by Crippen LogP contribution is -2.44. The zero-order chi connectivity index (χ0) is 21.2. The van der Waals surface area contributed by atoms with Crippen molar-refractivity contribution in [2.45, 2.75) is 0 Å². The van der Waals surface area contributed by atoms with Crippen LogP contribution >= 0.6 is 0 Å². The van der Waals surface area contributed by atoms with Crippen molar-refractivity contribution in [1.82, 2.24) is 24.5 Å². The molecule has 1 saturated heterocycles. The van der Waals surface area contributed by atoms with Crippen molar-refractivity contribution >= 4 is 22.7 Å². The molecule has 0 atom stereocenters. The van der Waals surface area contributed by atoms with Gasteiger partial charge in [-0.3, -0.25) is 0 Å². The maximum atomic E-state index is 5.26. The van der Waals surface area contributed by atoms with Gasteiger partial charge < -0.3 is 19.9 Å². The van der Waals surface area contributed by atoms with Crippen molar-refractivity contribution in [2.75, 3.05) is 50.6 Å². The first-order valence-electron chi connectivity index (χ1n) is 10.3. The summed E-state index contributed by atoms with van der Waals surface area (Å²) < 4.78 is 7.09. The summed E-state index contributed by atoms with van der Waals surface area (Å²) in [6, 6.07) is 16.4. The maximum Gasteiger partial charge on any atom is 0.213 e. The van der Waals surface area contributed by atoms with Crippen LogP contribution in [0.25, 0.3) is 16.9 Å². The van der Waals surface area contributed by atoms with E-state index in [0.717, 1.165) is 54.5 Å². The highest BCUT2D eigenvalue weighted by Gasteiger charge is 2.15. The number of benzene rings is 1. The zero-order valence-electron chi connectivity index (χ0n) is 17.7. The number of nitrogens with one attached hydrogen (secondary N) is 1. The number of likely N-dealkylation sites (N-methyl/N-ethyl adjacent to an activating group) is 1. The molecule has 8 heteroatoms. The predicted octanol–water partition coefficient (Wildman–Crippen LogP) is 3.30. The zero-order valence-corrected chi connectivity index (χ0v) is 17.7. The summed E-state index contributed by atoms with van der Waals surface area (Å²) >= 11 is 0. The third-order valence-electron chi connectivity index (χ3n) is 5.68. The highest BCUT2D eigenvalue weighted by atomic mass is 16.5. The van der Waals surface area contributed by atoms with Crippen LogP contribution in [0.5, 0.6) is 5.88 Å². The minimum absolute atomic E-state index is 0.563. The Hall–Kier alpha value is -3.65. The van der Waals surface area contributed by atoms with E-state index in [1.54, 1.807) is 19.6 Å². The van der Waals surface area contributed by atoms with E-state index < -0.39 is 0 Å². The molecule has 1 N–H and O–H groups in total. The molecular weight excluding hydrogens is 390 g/mol. The number of piperazine rings is 1. The molecule has 0 spiro atoms. The van der Waals surface area contributed by atoms with E-state index in [2.05, 4.69) is 61.5 Å². The van der Waals surface area contributed by atoms with E-state index in [4.69, 9.17) is 4.74 Å². The van der Waals surface area contributed by atoms with E-state index in [1.807, 2.05) is 28.8 Å². The molecule has 1 aliphatic rings. The second kappa shape index (κ2) is 8.23. The Kier molecular flexibility index (Phi) is 5.13. The van der Waals surface area contributed by atoms with Gasteiger partial charge in [0, 0.05) is 55.4 Å². The maximum absolute atomic E-state index is 5.26. The molecule has 0 saturated carbocycles. The fourth-order valence-corrected chi connectivity index (χ4v) is 3.88. The quantitative estimate of drug-likeness (QED) is 0.536. The van der Waals surface area contributed by atoms with Gasteiger partial charge in [-0.1, -0.05) is 0 Å². The first-order valence-corrected chi connectivity index (χ1v) is 10.3. The molecule has 4 heterocycles. The number of hydrogen-bond donors (Lipinski definition) is 1. The molecule has 3 aromatic heterocycles. The highest BCUT2D eigenvalue weighted by molar-refractivity contribution is 5.78. The van der Waals surface area contributed by atoms with Crippen LogP contribution in [0.15, 0.2) is 61.1 Å². The van der Waals surface area contributed by atoms with E-state index in [9.17, 15) is 0 Å². The third kappa shape index (κ3) is 3.89. The van der Waals surface area contributed by atoms with Gasteiger partial charge >= 0.3 is 0 Å². The topological polar surface area (TPSA) is 70.8 Å². The molecular formula is C23H25N7O. The van der Waals surface area contributed by atoms with Crippen LogP contribution in [0, 0.1) is 0 Å². The molecule has 1 aromatic carbocycles. The van der Waals surface area contributed by atoms with Crippen LogP contribution in [-0.4, -0.2) is 64.8 Å². The number of nitrogens with zero attached hydrogens (tertiary/aromatic N) is 6. The van der Waals surface area contributed by atoms with Crippen molar-refractivity contribution in [3.63, 3.8) is 0 Å². The van der Waals surface area contributed by atoms with Gasteiger partial charge in [-0.2, -0.15) is 5.10 Å². The molecule has 5 rings (SSSR count). The smallest absolute Gasteiger partial charge is 0.213 e. The molecule has 1 aliphatic heterocycles. The van der Waals surface area contributed by atoms with E-state index >= 15 is 0 Å². The number of anilines is 3. The summed E-state index contributed by atoms with van der Waals surface area (Å²) in [7, 11) is 3.78. The van der Waals surface area contributed by atoms with Crippen LogP contribution in [0.3, 0.4) is 0 Å². The summed E-state index contributed by atoms with van der Waals surface area (Å²) in [6.07, 6.45) is 3.30.